The number of amides is 2. The first-order chi connectivity index (χ1) is 12.8. The highest BCUT2D eigenvalue weighted by atomic mass is 16.6. The van der Waals surface area contributed by atoms with E-state index in [2.05, 4.69) is 50.4 Å². The number of carbonyl (C=O) groups is 2. The van der Waals surface area contributed by atoms with E-state index in [1.54, 1.807) is 4.90 Å². The maximum Gasteiger partial charge on any atom is 0.409 e. The lowest BCUT2D eigenvalue weighted by Gasteiger charge is -2.32. The number of nitrogens with one attached hydrogen (secondary N) is 1. The summed E-state index contributed by atoms with van der Waals surface area (Å²) in [6.45, 7) is 10.1. The summed E-state index contributed by atoms with van der Waals surface area (Å²) in [5.74, 6) is 0.139. The fourth-order valence-electron chi connectivity index (χ4n) is 3.81. The number of hydrogen-bond donors (Lipinski definition) is 1. The maximum atomic E-state index is 13.0. The van der Waals surface area contributed by atoms with E-state index in [1.807, 2.05) is 6.92 Å². The molecule has 3 rings (SSSR count). The lowest BCUT2D eigenvalue weighted by Crippen LogP contribution is -2.49. The number of ether oxygens (including phenoxy) is 1. The molecule has 1 heterocycles. The van der Waals surface area contributed by atoms with Crippen LogP contribution < -0.4 is 5.32 Å². The summed E-state index contributed by atoms with van der Waals surface area (Å²) < 4.78 is 5.05. The number of benzene rings is 1. The van der Waals surface area contributed by atoms with Gasteiger partial charge >= 0.3 is 6.09 Å². The van der Waals surface area contributed by atoms with Crippen LogP contribution in [0.5, 0.6) is 0 Å². The van der Waals surface area contributed by atoms with Gasteiger partial charge in [-0.1, -0.05) is 45.0 Å². The number of hydrogen-bond acceptors (Lipinski definition) is 3. The predicted octanol–water partition coefficient (Wildman–Crippen LogP) is 3.75. The molecule has 0 aromatic heterocycles. The van der Waals surface area contributed by atoms with E-state index >= 15 is 0 Å². The van der Waals surface area contributed by atoms with Gasteiger partial charge in [0.05, 0.1) is 12.0 Å². The van der Waals surface area contributed by atoms with Gasteiger partial charge in [0.25, 0.3) is 0 Å². The quantitative estimate of drug-likeness (QED) is 0.876. The van der Waals surface area contributed by atoms with Crippen LogP contribution >= 0.6 is 0 Å². The second-order valence-electron chi connectivity index (χ2n) is 8.84. The number of likely N-dealkylation sites (tertiary alicyclic amines) is 1. The van der Waals surface area contributed by atoms with Crippen LogP contribution in [0.1, 0.15) is 64.5 Å². The Morgan fingerprint density at radius 1 is 1.15 bits per heavy atom. The van der Waals surface area contributed by atoms with Crippen LogP contribution in [-0.2, 0) is 20.4 Å². The van der Waals surface area contributed by atoms with Gasteiger partial charge in [-0.3, -0.25) is 4.79 Å². The fourth-order valence-corrected chi connectivity index (χ4v) is 3.81. The fraction of sp³-hybridized carbons (Fsp3) is 0.636. The Hall–Kier alpha value is -2.04. The second-order valence-corrected chi connectivity index (χ2v) is 8.84. The summed E-state index contributed by atoms with van der Waals surface area (Å²) in [5.41, 5.74) is 2.17. The van der Waals surface area contributed by atoms with E-state index in [0.29, 0.717) is 19.7 Å². The molecule has 2 fully saturated rings. The highest BCUT2D eigenvalue weighted by Gasteiger charge is 2.51. The zero-order valence-electron chi connectivity index (χ0n) is 17.0. The van der Waals surface area contributed by atoms with Crippen molar-refractivity contribution in [1.82, 2.24) is 10.2 Å². The molecule has 0 atom stereocenters. The van der Waals surface area contributed by atoms with Crippen molar-refractivity contribution in [3.8, 4) is 0 Å². The summed E-state index contributed by atoms with van der Waals surface area (Å²) in [6, 6.07) is 8.68. The first-order valence-electron chi connectivity index (χ1n) is 10.1. The van der Waals surface area contributed by atoms with E-state index < -0.39 is 0 Å². The second kappa shape index (κ2) is 7.53. The number of nitrogens with zero attached hydrogens (tertiary/aromatic N) is 1. The lowest BCUT2D eigenvalue weighted by molar-refractivity contribution is -0.124. The van der Waals surface area contributed by atoms with Crippen molar-refractivity contribution in [1.29, 1.82) is 0 Å². The largest absolute Gasteiger partial charge is 0.450 e. The van der Waals surface area contributed by atoms with Crippen LogP contribution in [0.15, 0.2) is 24.3 Å². The first kappa shape index (κ1) is 19.7. The first-order valence-corrected chi connectivity index (χ1v) is 10.1. The molecule has 1 aromatic rings. The third kappa shape index (κ3) is 4.28. The molecule has 1 aromatic carbocycles. The predicted molar refractivity (Wildman–Crippen MR) is 106 cm³/mol. The Morgan fingerprint density at radius 2 is 1.74 bits per heavy atom. The number of rotatable bonds is 4. The molecule has 148 valence electrons. The van der Waals surface area contributed by atoms with E-state index in [4.69, 9.17) is 4.74 Å². The van der Waals surface area contributed by atoms with Crippen LogP contribution in [0.25, 0.3) is 0 Å². The summed E-state index contributed by atoms with van der Waals surface area (Å²) in [5, 5.41) is 3.24. The minimum absolute atomic E-state index is 0.115. The molecular weight excluding hydrogens is 340 g/mol. The van der Waals surface area contributed by atoms with Gasteiger partial charge in [-0.15, -0.1) is 0 Å². The van der Waals surface area contributed by atoms with Crippen molar-refractivity contribution >= 4 is 12.0 Å². The molecule has 5 heteroatoms. The third-order valence-electron chi connectivity index (χ3n) is 5.84. The summed E-state index contributed by atoms with van der Waals surface area (Å²) in [6.07, 6.45) is 3.14. The van der Waals surface area contributed by atoms with Gasteiger partial charge in [0.1, 0.15) is 0 Å². The van der Waals surface area contributed by atoms with Gasteiger partial charge in [0.15, 0.2) is 0 Å². The number of piperidine rings is 1. The third-order valence-corrected chi connectivity index (χ3v) is 5.84. The van der Waals surface area contributed by atoms with Gasteiger partial charge in [-0.2, -0.15) is 0 Å². The minimum atomic E-state index is -0.352. The van der Waals surface area contributed by atoms with Gasteiger partial charge in [-0.25, -0.2) is 4.79 Å². The smallest absolute Gasteiger partial charge is 0.409 e. The van der Waals surface area contributed by atoms with Gasteiger partial charge in [-0.05, 0) is 49.1 Å². The Kier molecular flexibility index (Phi) is 5.50. The molecule has 0 unspecified atom stereocenters. The normalized spacial score (nSPS) is 19.5. The highest BCUT2D eigenvalue weighted by molar-refractivity contribution is 5.91. The molecule has 5 nitrogen and oxygen atoms in total. The summed E-state index contributed by atoms with van der Waals surface area (Å²) >= 11 is 0. The molecule has 1 N–H and O–H groups in total. The summed E-state index contributed by atoms with van der Waals surface area (Å²) in [7, 11) is 0. The van der Waals surface area contributed by atoms with Crippen molar-refractivity contribution in [2.24, 2.45) is 0 Å². The van der Waals surface area contributed by atoms with Crippen LogP contribution in [0, 0.1) is 0 Å². The molecule has 1 saturated carbocycles. The lowest BCUT2D eigenvalue weighted by atomic mass is 9.84. The zero-order chi connectivity index (χ0) is 19.7. The van der Waals surface area contributed by atoms with Crippen LogP contribution in [0.4, 0.5) is 4.79 Å². The van der Waals surface area contributed by atoms with Crippen LogP contribution in [0.2, 0.25) is 0 Å². The molecule has 1 aliphatic carbocycles. The molecule has 0 radical (unpaired) electrons. The molecule has 1 saturated heterocycles. The van der Waals surface area contributed by atoms with Crippen molar-refractivity contribution in [2.75, 3.05) is 19.7 Å². The summed E-state index contributed by atoms with van der Waals surface area (Å²) in [4.78, 5) is 26.5. The minimum Gasteiger partial charge on any atom is -0.450 e. The molecule has 0 bridgehead atoms. The van der Waals surface area contributed by atoms with E-state index in [9.17, 15) is 9.59 Å². The maximum absolute atomic E-state index is 13.0. The Labute approximate surface area is 162 Å². The monoisotopic (exact) mass is 372 g/mol. The topological polar surface area (TPSA) is 58.6 Å². The SMILES string of the molecule is CCOC(=O)N1CCC(NC(=O)C2(c3ccc(C(C)(C)C)cc3)CC2)CC1. The van der Waals surface area contributed by atoms with Gasteiger partial charge < -0.3 is 15.0 Å². The average Bonchev–Trinajstić information content (AvgIpc) is 3.44. The van der Waals surface area contributed by atoms with Crippen molar-refractivity contribution in [2.45, 2.75) is 70.3 Å². The van der Waals surface area contributed by atoms with Crippen molar-refractivity contribution in [3.05, 3.63) is 35.4 Å². The average molecular weight is 373 g/mol. The Bertz CT molecular complexity index is 679. The van der Waals surface area contributed by atoms with E-state index in [1.165, 1.54) is 5.56 Å². The van der Waals surface area contributed by atoms with Crippen molar-refractivity contribution in [3.63, 3.8) is 0 Å². The molecular formula is C22H32N2O3. The Morgan fingerprint density at radius 3 is 2.22 bits per heavy atom. The van der Waals surface area contributed by atoms with Gasteiger partial charge in [0.2, 0.25) is 5.91 Å². The molecule has 0 spiro atoms. The van der Waals surface area contributed by atoms with Crippen LogP contribution in [-0.4, -0.2) is 42.6 Å². The highest BCUT2D eigenvalue weighted by Crippen LogP contribution is 2.48. The molecule has 2 aliphatic rings. The number of carbonyl (C=O) groups excluding carboxylic acids is 2. The standard InChI is InChI=1S/C22H32N2O3/c1-5-27-20(26)24-14-10-18(11-15-24)23-19(25)22(12-13-22)17-8-6-16(7-9-17)21(2,3)4/h6-9,18H,5,10-15H2,1-4H3,(H,23,25). The Balaban J connectivity index is 1.58. The molecule has 2 amide bonds. The molecule has 1 aliphatic heterocycles. The van der Waals surface area contributed by atoms with Crippen LogP contribution in [0.3, 0.4) is 0 Å². The van der Waals surface area contributed by atoms with Gasteiger partial charge in [0, 0.05) is 19.1 Å². The van der Waals surface area contributed by atoms with E-state index in [-0.39, 0.29) is 28.9 Å². The van der Waals surface area contributed by atoms with Crippen molar-refractivity contribution < 1.29 is 14.3 Å². The molecule has 27 heavy (non-hydrogen) atoms. The van der Waals surface area contributed by atoms with E-state index in [0.717, 1.165) is 31.2 Å². The zero-order valence-corrected chi connectivity index (χ0v) is 17.0.